The van der Waals surface area contributed by atoms with Crippen LogP contribution in [-0.2, 0) is 18.3 Å². The van der Waals surface area contributed by atoms with E-state index in [1.165, 1.54) is 11.8 Å². The van der Waals surface area contributed by atoms with Crippen LogP contribution in [0.1, 0.15) is 13.8 Å². The number of nitrogens with zero attached hydrogens (tertiary/aromatic N) is 5. The molecule has 0 aliphatic carbocycles. The summed E-state index contributed by atoms with van der Waals surface area (Å²) < 4.78 is 26.4. The first kappa shape index (κ1) is 26.8. The van der Waals surface area contributed by atoms with Crippen molar-refractivity contribution < 1.29 is 13.9 Å². The number of anilines is 1. The van der Waals surface area contributed by atoms with Crippen LogP contribution in [0.25, 0.3) is 22.6 Å². The van der Waals surface area contributed by atoms with Gasteiger partial charge in [-0.3, -0.25) is 4.21 Å². The maximum atomic E-state index is 11.0. The van der Waals surface area contributed by atoms with E-state index >= 15 is 0 Å². The van der Waals surface area contributed by atoms with Gasteiger partial charge in [0.15, 0.2) is 5.16 Å². The Morgan fingerprint density at radius 3 is 2.80 bits per heavy atom. The highest BCUT2D eigenvalue weighted by atomic mass is 32.2. The number of hydrogen-bond donors (Lipinski definition) is 3. The Balaban J connectivity index is 1.79. The molecule has 0 radical (unpaired) electrons. The summed E-state index contributed by atoms with van der Waals surface area (Å²) in [5.41, 5.74) is 2.37. The third-order valence-electron chi connectivity index (χ3n) is 5.06. The van der Waals surface area contributed by atoms with Crippen molar-refractivity contribution in [3.63, 3.8) is 0 Å². The largest absolute Gasteiger partial charge is 0.760 e. The first-order valence-electron chi connectivity index (χ1n) is 10.9. The average molecular weight is 517 g/mol. The summed E-state index contributed by atoms with van der Waals surface area (Å²) >= 11 is -0.913. The molecule has 0 aliphatic heterocycles. The highest BCUT2D eigenvalue weighted by Crippen LogP contribution is 2.35. The van der Waals surface area contributed by atoms with Crippen LogP contribution in [0.15, 0.2) is 53.7 Å². The zero-order valence-electron chi connectivity index (χ0n) is 20.2. The third-order valence-corrected chi connectivity index (χ3v) is 6.52. The van der Waals surface area contributed by atoms with E-state index in [9.17, 15) is 13.9 Å². The van der Waals surface area contributed by atoms with Gasteiger partial charge in [-0.1, -0.05) is 30.5 Å². The van der Waals surface area contributed by atoms with Gasteiger partial charge >= 0.3 is 0 Å². The van der Waals surface area contributed by atoms with Crippen molar-refractivity contribution >= 4 is 29.0 Å². The molecule has 0 saturated heterocycles. The Labute approximate surface area is 212 Å². The number of rotatable bonds is 12. The number of aromatic nitrogens is 4. The lowest BCUT2D eigenvalue weighted by atomic mass is 10.1. The lowest BCUT2D eigenvalue weighted by Gasteiger charge is -2.32. The summed E-state index contributed by atoms with van der Waals surface area (Å²) in [6.45, 7) is 9.21. The van der Waals surface area contributed by atoms with Crippen LogP contribution in [0, 0.1) is 0 Å². The van der Waals surface area contributed by atoms with Crippen molar-refractivity contribution in [3.8, 4) is 28.4 Å². The van der Waals surface area contributed by atoms with Gasteiger partial charge in [-0.25, -0.2) is 19.7 Å². The summed E-state index contributed by atoms with van der Waals surface area (Å²) in [5, 5.41) is 15.7. The van der Waals surface area contributed by atoms with E-state index in [4.69, 9.17) is 9.97 Å². The molecule has 10 nitrogen and oxygen atoms in total. The molecule has 12 heteroatoms. The topological polar surface area (TPSA) is 131 Å². The predicted octanol–water partition coefficient (Wildman–Crippen LogP) is 2.99. The zero-order chi connectivity index (χ0) is 25.6. The summed E-state index contributed by atoms with van der Waals surface area (Å²) in [6.07, 6.45) is 1.69. The van der Waals surface area contributed by atoms with E-state index in [0.717, 1.165) is 16.4 Å². The molecule has 2 heterocycles. The Morgan fingerprint density at radius 1 is 1.34 bits per heavy atom. The molecule has 3 aromatic rings. The van der Waals surface area contributed by atoms with Crippen LogP contribution in [0.3, 0.4) is 0 Å². The molecular weight excluding hydrogens is 486 g/mol. The van der Waals surface area contributed by atoms with Gasteiger partial charge < -0.3 is 24.4 Å². The van der Waals surface area contributed by atoms with Crippen LogP contribution in [-0.4, -0.2) is 70.5 Å². The van der Waals surface area contributed by atoms with E-state index in [-0.39, 0.29) is 5.75 Å². The van der Waals surface area contributed by atoms with Crippen LogP contribution >= 0.6 is 11.8 Å². The molecule has 3 rings (SSSR count). The van der Waals surface area contributed by atoms with Crippen molar-refractivity contribution in [2.24, 2.45) is 7.05 Å². The number of benzene rings is 1. The molecular formula is C23H30N7O3S2-. The predicted molar refractivity (Wildman–Crippen MR) is 140 cm³/mol. The number of phenolic OH excluding ortho intramolecular Hbond substituents is 1. The molecule has 0 bridgehead atoms. The van der Waals surface area contributed by atoms with Crippen LogP contribution in [0.4, 0.5) is 5.95 Å². The Morgan fingerprint density at radius 2 is 2.11 bits per heavy atom. The molecule has 0 saturated carbocycles. The highest BCUT2D eigenvalue weighted by molar-refractivity contribution is 8.02. The Kier molecular flexibility index (Phi) is 9.03. The monoisotopic (exact) mass is 516 g/mol. The summed E-state index contributed by atoms with van der Waals surface area (Å²) in [7, 11) is 3.83. The number of hydrogen-bond acceptors (Lipinski definition) is 9. The average Bonchev–Trinajstić information content (AvgIpc) is 3.09. The molecule has 2 aromatic heterocycles. The summed E-state index contributed by atoms with van der Waals surface area (Å²) in [4.78, 5) is 15.8. The van der Waals surface area contributed by atoms with Crippen LogP contribution in [0.5, 0.6) is 5.75 Å². The maximum absolute atomic E-state index is 11.0. The number of aromatic hydroxyl groups is 1. The van der Waals surface area contributed by atoms with Crippen molar-refractivity contribution in [3.05, 3.63) is 48.5 Å². The first-order valence-corrected chi connectivity index (χ1v) is 12.8. The maximum Gasteiger partial charge on any atom is 0.223 e. The quantitative estimate of drug-likeness (QED) is 0.245. The highest BCUT2D eigenvalue weighted by Gasteiger charge is 2.21. The normalized spacial score (nSPS) is 12.6. The van der Waals surface area contributed by atoms with Gasteiger partial charge in [-0.2, -0.15) is 0 Å². The molecule has 1 aromatic carbocycles. The van der Waals surface area contributed by atoms with Crippen molar-refractivity contribution in [2.75, 3.05) is 32.0 Å². The SMILES string of the molecule is C=CSc1nc(-c2cccc(O)c2)c(-c2ccnc(NCCN(C)CC(C)(C)NS(=O)[O-])n2)n1C. The fourth-order valence-electron chi connectivity index (χ4n) is 3.75. The smallest absolute Gasteiger partial charge is 0.223 e. The van der Waals surface area contributed by atoms with E-state index in [1.807, 2.05) is 49.5 Å². The van der Waals surface area contributed by atoms with Crippen molar-refractivity contribution in [1.82, 2.24) is 29.1 Å². The third kappa shape index (κ3) is 7.36. The number of nitrogens with one attached hydrogen (secondary N) is 2. The molecule has 1 atom stereocenters. The fourth-order valence-corrected chi connectivity index (χ4v) is 4.81. The minimum absolute atomic E-state index is 0.158. The zero-order valence-corrected chi connectivity index (χ0v) is 21.8. The molecule has 0 spiro atoms. The summed E-state index contributed by atoms with van der Waals surface area (Å²) in [5.74, 6) is 0.626. The molecule has 188 valence electrons. The van der Waals surface area contributed by atoms with Crippen LogP contribution in [0.2, 0.25) is 0 Å². The van der Waals surface area contributed by atoms with Gasteiger partial charge in [0.2, 0.25) is 5.95 Å². The van der Waals surface area contributed by atoms with Crippen molar-refractivity contribution in [2.45, 2.75) is 24.5 Å². The fraction of sp³-hybridized carbons (Fsp3) is 0.348. The molecule has 35 heavy (non-hydrogen) atoms. The van der Waals surface area contributed by atoms with E-state index in [1.54, 1.807) is 29.8 Å². The Bertz CT molecular complexity index is 1200. The van der Waals surface area contributed by atoms with Crippen LogP contribution < -0.4 is 10.0 Å². The standard InChI is InChI=1S/C23H31N7O3S2/c1-6-34-22-27-19(16-8-7-9-17(31)14-16)20(30(22)5)18-10-11-24-21(26-18)25-12-13-29(4)15-23(2,3)28-35(32)33/h6-11,14,28,31H,1,12-13,15H2,2-5H3,(H,32,33)(H,24,25,26)/p-1. The molecule has 3 N–H and O–H groups in total. The van der Waals surface area contributed by atoms with Gasteiger partial charge in [0.25, 0.3) is 0 Å². The molecule has 0 amide bonds. The van der Waals surface area contributed by atoms with E-state index in [2.05, 4.69) is 21.6 Å². The second kappa shape index (κ2) is 11.8. The number of thioether (sulfide) groups is 1. The van der Waals surface area contributed by atoms with Crippen molar-refractivity contribution in [1.29, 1.82) is 0 Å². The second-order valence-electron chi connectivity index (χ2n) is 8.64. The lowest BCUT2D eigenvalue weighted by molar-refractivity contribution is 0.262. The molecule has 0 fully saturated rings. The van der Waals surface area contributed by atoms with Gasteiger partial charge in [0, 0.05) is 55.2 Å². The number of phenols is 1. The lowest BCUT2D eigenvalue weighted by Crippen LogP contribution is -2.49. The Hall–Kier alpha value is -2.77. The van der Waals surface area contributed by atoms with Gasteiger partial charge in [-0.15, -0.1) is 0 Å². The number of imidazole rings is 1. The van der Waals surface area contributed by atoms with Gasteiger partial charge in [-0.05, 0) is 44.5 Å². The second-order valence-corrected chi connectivity index (χ2v) is 10.2. The van der Waals surface area contributed by atoms with Gasteiger partial charge in [0.1, 0.15) is 5.75 Å². The minimum atomic E-state index is -2.32. The first-order chi connectivity index (χ1) is 16.6. The van der Waals surface area contributed by atoms with Gasteiger partial charge in [0.05, 0.1) is 17.1 Å². The minimum Gasteiger partial charge on any atom is -0.760 e. The molecule has 1 unspecified atom stereocenters. The molecule has 0 aliphatic rings. The van der Waals surface area contributed by atoms with E-state index in [0.29, 0.717) is 37.0 Å². The van der Waals surface area contributed by atoms with E-state index < -0.39 is 16.8 Å². The number of likely N-dealkylation sites (N-methyl/N-ethyl adjacent to an activating group) is 1. The summed E-state index contributed by atoms with van der Waals surface area (Å²) in [6, 6.07) is 8.77.